The third-order valence-corrected chi connectivity index (χ3v) is 2.82. The predicted octanol–water partition coefficient (Wildman–Crippen LogP) is 0.0631. The van der Waals surface area contributed by atoms with Crippen molar-refractivity contribution in [2.45, 2.75) is 18.9 Å². The molecule has 1 aliphatic heterocycles. The summed E-state index contributed by atoms with van der Waals surface area (Å²) in [5.41, 5.74) is 0.317. The van der Waals surface area contributed by atoms with Gasteiger partial charge in [0.15, 0.2) is 0 Å². The lowest BCUT2D eigenvalue weighted by molar-refractivity contribution is -0.121. The molecule has 1 unspecified atom stereocenters. The number of likely N-dealkylation sites (N-methyl/N-ethyl adjacent to an activating group) is 1. The summed E-state index contributed by atoms with van der Waals surface area (Å²) >= 11 is 0. The van der Waals surface area contributed by atoms with Crippen molar-refractivity contribution in [2.24, 2.45) is 0 Å². The molecule has 1 amide bonds. The molecular formula is C11H13N5O. The minimum atomic E-state index is -0.228. The summed E-state index contributed by atoms with van der Waals surface area (Å²) in [5.74, 6) is 0.420. The Bertz CT molecular complexity index is 467. The van der Waals surface area contributed by atoms with E-state index in [1.165, 1.54) is 0 Å². The van der Waals surface area contributed by atoms with Gasteiger partial charge in [0, 0.05) is 19.8 Å². The van der Waals surface area contributed by atoms with Gasteiger partial charge in [-0.3, -0.25) is 4.79 Å². The maximum atomic E-state index is 11.7. The maximum absolute atomic E-state index is 11.7. The van der Waals surface area contributed by atoms with Crippen LogP contribution in [0.5, 0.6) is 0 Å². The molecule has 0 bridgehead atoms. The molecule has 2 rings (SSSR count). The van der Waals surface area contributed by atoms with E-state index in [1.54, 1.807) is 19.3 Å². The van der Waals surface area contributed by atoms with Crippen LogP contribution in [0.15, 0.2) is 12.3 Å². The number of nitrogens with zero attached hydrogens (tertiary/aromatic N) is 4. The Morgan fingerprint density at radius 1 is 1.71 bits per heavy atom. The van der Waals surface area contributed by atoms with Gasteiger partial charge < -0.3 is 10.2 Å². The van der Waals surface area contributed by atoms with Gasteiger partial charge in [0.25, 0.3) is 0 Å². The van der Waals surface area contributed by atoms with Gasteiger partial charge in [-0.1, -0.05) is 0 Å². The molecular weight excluding hydrogens is 218 g/mol. The van der Waals surface area contributed by atoms with Crippen molar-refractivity contribution in [3.63, 3.8) is 0 Å². The second-order valence-electron chi connectivity index (χ2n) is 3.82. The van der Waals surface area contributed by atoms with Crippen LogP contribution in [-0.4, -0.2) is 35.5 Å². The Labute approximate surface area is 99.3 Å². The van der Waals surface area contributed by atoms with Crippen molar-refractivity contribution in [1.29, 1.82) is 5.26 Å². The number of nitriles is 1. The first-order chi connectivity index (χ1) is 8.26. The fourth-order valence-corrected chi connectivity index (χ4v) is 1.99. The summed E-state index contributed by atoms with van der Waals surface area (Å²) in [6.07, 6.45) is 3.26. The summed E-state index contributed by atoms with van der Waals surface area (Å²) in [6.45, 7) is 0.743. The van der Waals surface area contributed by atoms with Gasteiger partial charge in [0.05, 0.1) is 0 Å². The lowest BCUT2D eigenvalue weighted by Crippen LogP contribution is -2.42. The SMILES string of the molecule is CNC(=O)C1CCCN1c1nccc(C#N)n1. The fourth-order valence-electron chi connectivity index (χ4n) is 1.99. The largest absolute Gasteiger partial charge is 0.357 e. The topological polar surface area (TPSA) is 81.9 Å². The molecule has 17 heavy (non-hydrogen) atoms. The molecule has 0 radical (unpaired) electrons. The van der Waals surface area contributed by atoms with E-state index < -0.39 is 0 Å². The zero-order chi connectivity index (χ0) is 12.3. The standard InChI is InChI=1S/C11H13N5O/c1-13-10(17)9-3-2-6-16(9)11-14-5-4-8(7-12)15-11/h4-5,9H,2-3,6H2,1H3,(H,13,17). The quantitative estimate of drug-likeness (QED) is 0.778. The van der Waals surface area contributed by atoms with Gasteiger partial charge in [-0.25, -0.2) is 9.97 Å². The van der Waals surface area contributed by atoms with Crippen LogP contribution in [0.1, 0.15) is 18.5 Å². The van der Waals surface area contributed by atoms with Gasteiger partial charge >= 0.3 is 0 Å². The van der Waals surface area contributed by atoms with E-state index in [9.17, 15) is 4.79 Å². The number of hydrogen-bond acceptors (Lipinski definition) is 5. The van der Waals surface area contributed by atoms with E-state index in [1.807, 2.05) is 11.0 Å². The first kappa shape index (κ1) is 11.3. The maximum Gasteiger partial charge on any atom is 0.242 e. The molecule has 0 aliphatic carbocycles. The molecule has 6 heteroatoms. The van der Waals surface area contributed by atoms with Crippen LogP contribution in [0.25, 0.3) is 0 Å². The smallest absolute Gasteiger partial charge is 0.242 e. The highest BCUT2D eigenvalue weighted by Gasteiger charge is 2.31. The monoisotopic (exact) mass is 231 g/mol. The third-order valence-electron chi connectivity index (χ3n) is 2.82. The Morgan fingerprint density at radius 2 is 2.53 bits per heavy atom. The second kappa shape index (κ2) is 4.78. The van der Waals surface area contributed by atoms with Crippen LogP contribution in [-0.2, 0) is 4.79 Å². The Morgan fingerprint density at radius 3 is 3.24 bits per heavy atom. The number of amides is 1. The van der Waals surface area contributed by atoms with Crippen LogP contribution >= 0.6 is 0 Å². The third kappa shape index (κ3) is 2.18. The van der Waals surface area contributed by atoms with Crippen molar-refractivity contribution >= 4 is 11.9 Å². The van der Waals surface area contributed by atoms with Crippen LogP contribution < -0.4 is 10.2 Å². The van der Waals surface area contributed by atoms with Gasteiger partial charge in [-0.15, -0.1) is 0 Å². The van der Waals surface area contributed by atoms with Gasteiger partial charge in [-0.2, -0.15) is 5.26 Å². The molecule has 1 aliphatic rings. The number of rotatable bonds is 2. The van der Waals surface area contributed by atoms with Crippen molar-refractivity contribution < 1.29 is 4.79 Å². The van der Waals surface area contributed by atoms with E-state index >= 15 is 0 Å². The van der Waals surface area contributed by atoms with Crippen LogP contribution in [0.2, 0.25) is 0 Å². The minimum absolute atomic E-state index is 0.0338. The highest BCUT2D eigenvalue weighted by molar-refractivity contribution is 5.85. The Balaban J connectivity index is 2.26. The summed E-state index contributed by atoms with van der Waals surface area (Å²) in [6, 6.07) is 3.29. The Kier molecular flexibility index (Phi) is 3.19. The number of anilines is 1. The van der Waals surface area contributed by atoms with E-state index in [0.29, 0.717) is 11.6 Å². The van der Waals surface area contributed by atoms with E-state index in [4.69, 9.17) is 5.26 Å². The molecule has 1 N–H and O–H groups in total. The number of hydrogen-bond donors (Lipinski definition) is 1. The number of aromatic nitrogens is 2. The first-order valence-electron chi connectivity index (χ1n) is 5.47. The molecule has 1 aromatic heterocycles. The molecule has 0 saturated carbocycles. The second-order valence-corrected chi connectivity index (χ2v) is 3.82. The fraction of sp³-hybridized carbons (Fsp3) is 0.455. The van der Waals surface area contributed by atoms with Gasteiger partial charge in [0.2, 0.25) is 11.9 Å². The molecule has 0 spiro atoms. The zero-order valence-electron chi connectivity index (χ0n) is 9.55. The molecule has 1 saturated heterocycles. The predicted molar refractivity (Wildman–Crippen MR) is 61.2 cm³/mol. The number of carbonyl (C=O) groups is 1. The highest BCUT2D eigenvalue weighted by Crippen LogP contribution is 2.22. The Hall–Kier alpha value is -2.16. The first-order valence-corrected chi connectivity index (χ1v) is 5.47. The van der Waals surface area contributed by atoms with Gasteiger partial charge in [-0.05, 0) is 18.9 Å². The molecule has 0 aromatic carbocycles. The van der Waals surface area contributed by atoms with E-state index in [-0.39, 0.29) is 11.9 Å². The average molecular weight is 231 g/mol. The highest BCUT2D eigenvalue weighted by atomic mass is 16.2. The van der Waals surface area contributed by atoms with Gasteiger partial charge in [0.1, 0.15) is 17.8 Å². The molecule has 6 nitrogen and oxygen atoms in total. The van der Waals surface area contributed by atoms with Crippen molar-refractivity contribution in [3.8, 4) is 6.07 Å². The van der Waals surface area contributed by atoms with Crippen molar-refractivity contribution in [1.82, 2.24) is 15.3 Å². The van der Waals surface area contributed by atoms with Crippen molar-refractivity contribution in [3.05, 3.63) is 18.0 Å². The molecule has 88 valence electrons. The van der Waals surface area contributed by atoms with Crippen molar-refractivity contribution in [2.75, 3.05) is 18.5 Å². The number of nitrogens with one attached hydrogen (secondary N) is 1. The minimum Gasteiger partial charge on any atom is -0.357 e. The van der Waals surface area contributed by atoms with E-state index in [0.717, 1.165) is 19.4 Å². The molecule has 1 aromatic rings. The lowest BCUT2D eigenvalue weighted by atomic mass is 10.2. The summed E-state index contributed by atoms with van der Waals surface area (Å²) < 4.78 is 0. The summed E-state index contributed by atoms with van der Waals surface area (Å²) in [7, 11) is 1.62. The lowest BCUT2D eigenvalue weighted by Gasteiger charge is -2.22. The van der Waals surface area contributed by atoms with Crippen LogP contribution in [0.3, 0.4) is 0 Å². The molecule has 2 heterocycles. The van der Waals surface area contributed by atoms with Crippen LogP contribution in [0.4, 0.5) is 5.95 Å². The average Bonchev–Trinajstić information content (AvgIpc) is 2.87. The normalized spacial score (nSPS) is 18.8. The molecule has 1 fully saturated rings. The van der Waals surface area contributed by atoms with E-state index in [2.05, 4.69) is 15.3 Å². The number of carbonyl (C=O) groups excluding carboxylic acids is 1. The summed E-state index contributed by atoms with van der Waals surface area (Å²) in [4.78, 5) is 21.8. The van der Waals surface area contributed by atoms with Crippen LogP contribution in [0, 0.1) is 11.3 Å². The zero-order valence-corrected chi connectivity index (χ0v) is 9.55. The summed E-state index contributed by atoms with van der Waals surface area (Å²) in [5, 5.41) is 11.4. The molecule has 1 atom stereocenters.